The average molecular weight is 281 g/mol. The Morgan fingerprint density at radius 3 is 2.74 bits per heavy atom. The molecule has 0 saturated heterocycles. The van der Waals surface area contributed by atoms with Crippen LogP contribution in [0.15, 0.2) is 18.2 Å². The van der Waals surface area contributed by atoms with Gasteiger partial charge in [0.05, 0.1) is 0 Å². The number of nitrogens with two attached hydrogens (primary N) is 1. The fourth-order valence-electron chi connectivity index (χ4n) is 2.62. The monoisotopic (exact) mass is 280 g/mol. The van der Waals surface area contributed by atoms with E-state index in [9.17, 15) is 0 Å². The molecule has 1 fully saturated rings. The van der Waals surface area contributed by atoms with E-state index in [4.69, 9.17) is 17.3 Å². The van der Waals surface area contributed by atoms with Crippen molar-refractivity contribution in [2.24, 2.45) is 17.6 Å². The molecule has 0 bridgehead atoms. The van der Waals surface area contributed by atoms with Gasteiger partial charge in [0.1, 0.15) is 0 Å². The maximum atomic E-state index is 6.37. The number of benzene rings is 1. The summed E-state index contributed by atoms with van der Waals surface area (Å²) in [4.78, 5) is 2.35. The number of halogens is 1. The SMILES string of the molecule is CCC(N)Cc1c(Cl)cccc1N(C)CC1CC1C. The van der Waals surface area contributed by atoms with Crippen molar-refractivity contribution in [3.63, 3.8) is 0 Å². The first-order valence-corrected chi connectivity index (χ1v) is 7.64. The summed E-state index contributed by atoms with van der Waals surface area (Å²) >= 11 is 6.37. The fourth-order valence-corrected chi connectivity index (χ4v) is 2.86. The van der Waals surface area contributed by atoms with Gasteiger partial charge >= 0.3 is 0 Å². The summed E-state index contributed by atoms with van der Waals surface area (Å²) in [5, 5.41) is 0.845. The second-order valence-corrected chi connectivity index (χ2v) is 6.37. The molecule has 3 unspecified atom stereocenters. The number of nitrogens with zero attached hydrogens (tertiary/aromatic N) is 1. The van der Waals surface area contributed by atoms with Gasteiger partial charge in [0.25, 0.3) is 0 Å². The molecule has 1 aliphatic rings. The van der Waals surface area contributed by atoms with Crippen molar-refractivity contribution >= 4 is 17.3 Å². The molecular formula is C16H25ClN2. The molecule has 0 heterocycles. The highest BCUT2D eigenvalue weighted by Crippen LogP contribution is 2.39. The number of anilines is 1. The normalized spacial score (nSPS) is 23.2. The molecular weight excluding hydrogens is 256 g/mol. The number of hydrogen-bond donors (Lipinski definition) is 1. The van der Waals surface area contributed by atoms with Gasteiger partial charge in [-0.15, -0.1) is 0 Å². The summed E-state index contributed by atoms with van der Waals surface area (Å²) in [7, 11) is 2.16. The van der Waals surface area contributed by atoms with E-state index in [0.29, 0.717) is 0 Å². The van der Waals surface area contributed by atoms with Gasteiger partial charge in [-0.05, 0) is 48.8 Å². The Hall–Kier alpha value is -0.730. The van der Waals surface area contributed by atoms with Crippen LogP contribution >= 0.6 is 11.6 Å². The van der Waals surface area contributed by atoms with Crippen LogP contribution in [-0.2, 0) is 6.42 Å². The first-order chi connectivity index (χ1) is 9.02. The van der Waals surface area contributed by atoms with Crippen LogP contribution in [0.1, 0.15) is 32.3 Å². The van der Waals surface area contributed by atoms with E-state index in [1.807, 2.05) is 12.1 Å². The predicted octanol–water partition coefficient (Wildman–Crippen LogP) is 3.71. The van der Waals surface area contributed by atoms with Crippen LogP contribution in [0.3, 0.4) is 0 Å². The van der Waals surface area contributed by atoms with E-state index in [-0.39, 0.29) is 6.04 Å². The molecule has 0 aliphatic heterocycles. The third-order valence-corrected chi connectivity index (χ3v) is 4.63. The molecule has 1 saturated carbocycles. The summed E-state index contributed by atoms with van der Waals surface area (Å²) < 4.78 is 0. The Balaban J connectivity index is 2.15. The topological polar surface area (TPSA) is 29.3 Å². The van der Waals surface area contributed by atoms with Crippen molar-refractivity contribution in [2.75, 3.05) is 18.5 Å². The second kappa shape index (κ2) is 6.15. The first kappa shape index (κ1) is 14.7. The molecule has 2 nitrogen and oxygen atoms in total. The summed E-state index contributed by atoms with van der Waals surface area (Å²) in [6.07, 6.45) is 3.19. The van der Waals surface area contributed by atoms with Crippen molar-refractivity contribution in [3.8, 4) is 0 Å². The zero-order chi connectivity index (χ0) is 14.0. The first-order valence-electron chi connectivity index (χ1n) is 7.27. The van der Waals surface area contributed by atoms with Crippen LogP contribution in [0.25, 0.3) is 0 Å². The zero-order valence-electron chi connectivity index (χ0n) is 12.2. The zero-order valence-corrected chi connectivity index (χ0v) is 13.0. The van der Waals surface area contributed by atoms with E-state index in [0.717, 1.165) is 36.2 Å². The maximum Gasteiger partial charge on any atom is 0.0459 e. The van der Waals surface area contributed by atoms with E-state index in [1.54, 1.807) is 0 Å². The quantitative estimate of drug-likeness (QED) is 0.861. The minimum Gasteiger partial charge on any atom is -0.374 e. The highest BCUT2D eigenvalue weighted by Gasteiger charge is 2.33. The Labute approximate surface area is 121 Å². The summed E-state index contributed by atoms with van der Waals surface area (Å²) in [5.41, 5.74) is 8.55. The molecule has 2 N–H and O–H groups in total. The summed E-state index contributed by atoms with van der Waals surface area (Å²) in [6.45, 7) is 5.57. The van der Waals surface area contributed by atoms with Gasteiger partial charge in [-0.25, -0.2) is 0 Å². The van der Waals surface area contributed by atoms with Gasteiger partial charge in [-0.3, -0.25) is 0 Å². The standard InChI is InChI=1S/C16H25ClN2/c1-4-13(18)9-14-15(17)6-5-7-16(14)19(3)10-12-8-11(12)2/h5-7,11-13H,4,8-10,18H2,1-3H3. The van der Waals surface area contributed by atoms with Gasteiger partial charge in [0, 0.05) is 30.3 Å². The molecule has 3 atom stereocenters. The van der Waals surface area contributed by atoms with E-state index in [1.165, 1.54) is 17.7 Å². The summed E-state index contributed by atoms with van der Waals surface area (Å²) in [5.74, 6) is 1.72. The third-order valence-electron chi connectivity index (χ3n) is 4.28. The van der Waals surface area contributed by atoms with Crippen LogP contribution in [0.4, 0.5) is 5.69 Å². The number of hydrogen-bond acceptors (Lipinski definition) is 2. The molecule has 0 amide bonds. The Morgan fingerprint density at radius 1 is 1.47 bits per heavy atom. The molecule has 1 aromatic carbocycles. The molecule has 0 aromatic heterocycles. The van der Waals surface area contributed by atoms with E-state index >= 15 is 0 Å². The van der Waals surface area contributed by atoms with Crippen LogP contribution in [0.5, 0.6) is 0 Å². The van der Waals surface area contributed by atoms with Crippen molar-refractivity contribution in [2.45, 2.75) is 39.2 Å². The van der Waals surface area contributed by atoms with Crippen LogP contribution in [0, 0.1) is 11.8 Å². The molecule has 0 radical (unpaired) electrons. The van der Waals surface area contributed by atoms with Crippen LogP contribution < -0.4 is 10.6 Å². The minimum absolute atomic E-state index is 0.187. The van der Waals surface area contributed by atoms with Crippen molar-refractivity contribution in [1.82, 2.24) is 0 Å². The predicted molar refractivity (Wildman–Crippen MR) is 84.0 cm³/mol. The highest BCUT2D eigenvalue weighted by molar-refractivity contribution is 6.31. The molecule has 1 aromatic rings. The molecule has 2 rings (SSSR count). The van der Waals surface area contributed by atoms with Gasteiger partial charge in [-0.2, -0.15) is 0 Å². The Bertz CT molecular complexity index is 433. The lowest BCUT2D eigenvalue weighted by molar-refractivity contribution is 0.643. The molecule has 106 valence electrons. The van der Waals surface area contributed by atoms with E-state index in [2.05, 4.69) is 31.9 Å². The molecule has 1 aliphatic carbocycles. The van der Waals surface area contributed by atoms with Crippen molar-refractivity contribution < 1.29 is 0 Å². The largest absolute Gasteiger partial charge is 0.374 e. The fraction of sp³-hybridized carbons (Fsp3) is 0.625. The lowest BCUT2D eigenvalue weighted by Gasteiger charge is -2.24. The maximum absolute atomic E-state index is 6.37. The summed E-state index contributed by atoms with van der Waals surface area (Å²) in [6, 6.07) is 6.35. The van der Waals surface area contributed by atoms with Crippen molar-refractivity contribution in [1.29, 1.82) is 0 Å². The van der Waals surface area contributed by atoms with Crippen LogP contribution in [0.2, 0.25) is 5.02 Å². The van der Waals surface area contributed by atoms with Gasteiger partial charge in [0.2, 0.25) is 0 Å². The molecule has 0 spiro atoms. The molecule has 19 heavy (non-hydrogen) atoms. The Kier molecular flexibility index (Phi) is 4.75. The lowest BCUT2D eigenvalue weighted by Crippen LogP contribution is -2.26. The van der Waals surface area contributed by atoms with Gasteiger partial charge < -0.3 is 10.6 Å². The third kappa shape index (κ3) is 3.64. The highest BCUT2D eigenvalue weighted by atomic mass is 35.5. The average Bonchev–Trinajstić information content (AvgIpc) is 3.06. The van der Waals surface area contributed by atoms with Crippen molar-refractivity contribution in [3.05, 3.63) is 28.8 Å². The second-order valence-electron chi connectivity index (χ2n) is 5.96. The molecule has 3 heteroatoms. The lowest BCUT2D eigenvalue weighted by atomic mass is 10.0. The van der Waals surface area contributed by atoms with Gasteiger partial charge in [-0.1, -0.05) is 31.5 Å². The number of rotatable bonds is 6. The smallest absolute Gasteiger partial charge is 0.0459 e. The Morgan fingerprint density at radius 2 is 2.16 bits per heavy atom. The van der Waals surface area contributed by atoms with E-state index < -0.39 is 0 Å². The van der Waals surface area contributed by atoms with Crippen LogP contribution in [-0.4, -0.2) is 19.6 Å². The van der Waals surface area contributed by atoms with Gasteiger partial charge in [0.15, 0.2) is 0 Å². The minimum atomic E-state index is 0.187.